The SMILES string of the molecule is Cl.Fc1ccc(CCBr)cc1.NNc1ccc(Cl)cc1. The largest absolute Gasteiger partial charge is 0.324 e. The Labute approximate surface area is 138 Å². The van der Waals surface area contributed by atoms with Gasteiger partial charge in [-0.15, -0.1) is 12.4 Å². The lowest BCUT2D eigenvalue weighted by atomic mass is 10.2. The molecule has 0 aromatic heterocycles. The van der Waals surface area contributed by atoms with Crippen LogP contribution in [0.15, 0.2) is 48.5 Å². The molecule has 0 saturated carbocycles. The molecule has 0 bridgehead atoms. The van der Waals surface area contributed by atoms with Crippen LogP contribution in [0.5, 0.6) is 0 Å². The molecule has 0 spiro atoms. The van der Waals surface area contributed by atoms with Crippen LogP contribution in [0.1, 0.15) is 5.56 Å². The van der Waals surface area contributed by atoms with E-state index in [2.05, 4.69) is 21.4 Å². The maximum absolute atomic E-state index is 12.3. The number of hydrogen-bond acceptors (Lipinski definition) is 2. The predicted molar refractivity (Wildman–Crippen MR) is 90.4 cm³/mol. The standard InChI is InChI=1S/C8H8BrF.C6H7ClN2.ClH/c9-6-5-7-1-3-8(10)4-2-7;7-5-1-3-6(9-8)4-2-5;/h1-4H,5-6H2;1-4,9H,8H2;1H. The molecule has 0 saturated heterocycles. The molecule has 0 heterocycles. The zero-order chi connectivity index (χ0) is 14.1. The van der Waals surface area contributed by atoms with Crippen LogP contribution in [-0.2, 0) is 6.42 Å². The number of hydrazine groups is 1. The van der Waals surface area contributed by atoms with Crippen LogP contribution >= 0.6 is 39.9 Å². The van der Waals surface area contributed by atoms with Gasteiger partial charge in [0.05, 0.1) is 0 Å². The molecule has 2 aromatic rings. The van der Waals surface area contributed by atoms with Crippen LogP contribution in [0.4, 0.5) is 10.1 Å². The highest BCUT2D eigenvalue weighted by Crippen LogP contribution is 2.11. The molecule has 3 N–H and O–H groups in total. The average Bonchev–Trinajstić information content (AvgIpc) is 2.43. The fourth-order valence-corrected chi connectivity index (χ4v) is 1.89. The minimum absolute atomic E-state index is 0. The summed E-state index contributed by atoms with van der Waals surface area (Å²) in [5, 5.41) is 1.65. The first-order valence-electron chi connectivity index (χ1n) is 5.68. The summed E-state index contributed by atoms with van der Waals surface area (Å²) in [6, 6.07) is 13.7. The summed E-state index contributed by atoms with van der Waals surface area (Å²) in [7, 11) is 0. The molecule has 6 heteroatoms. The third kappa shape index (κ3) is 7.70. The van der Waals surface area contributed by atoms with Gasteiger partial charge in [0.15, 0.2) is 0 Å². The van der Waals surface area contributed by atoms with Gasteiger partial charge in [-0.05, 0) is 48.4 Å². The number of halogens is 4. The average molecular weight is 382 g/mol. The van der Waals surface area contributed by atoms with Crippen molar-refractivity contribution in [1.29, 1.82) is 0 Å². The fraction of sp³-hybridized carbons (Fsp3) is 0.143. The summed E-state index contributed by atoms with van der Waals surface area (Å²) in [6.07, 6.45) is 0.959. The number of anilines is 1. The number of nitrogens with two attached hydrogens (primary N) is 1. The van der Waals surface area contributed by atoms with Gasteiger partial charge in [-0.3, -0.25) is 5.84 Å². The summed E-state index contributed by atoms with van der Waals surface area (Å²) in [4.78, 5) is 0. The quantitative estimate of drug-likeness (QED) is 0.454. The Morgan fingerprint density at radius 3 is 2.05 bits per heavy atom. The molecule has 0 radical (unpaired) electrons. The normalized spacial score (nSPS) is 9.00. The number of alkyl halides is 1. The summed E-state index contributed by atoms with van der Waals surface area (Å²) in [6.45, 7) is 0. The lowest BCUT2D eigenvalue weighted by molar-refractivity contribution is 0.627. The van der Waals surface area contributed by atoms with Crippen LogP contribution in [0.25, 0.3) is 0 Å². The Morgan fingerprint density at radius 2 is 1.60 bits per heavy atom. The van der Waals surface area contributed by atoms with E-state index in [1.54, 1.807) is 24.3 Å². The van der Waals surface area contributed by atoms with Crippen molar-refractivity contribution >= 4 is 45.6 Å². The van der Waals surface area contributed by atoms with Gasteiger partial charge in [0.25, 0.3) is 0 Å². The highest BCUT2D eigenvalue weighted by molar-refractivity contribution is 9.09. The maximum atomic E-state index is 12.3. The molecule has 0 aliphatic carbocycles. The van der Waals surface area contributed by atoms with Gasteiger partial charge < -0.3 is 5.43 Å². The van der Waals surface area contributed by atoms with E-state index in [1.807, 2.05) is 12.1 Å². The number of hydrogen-bond donors (Lipinski definition) is 2. The first-order valence-corrected chi connectivity index (χ1v) is 7.18. The summed E-state index contributed by atoms with van der Waals surface area (Å²) >= 11 is 8.91. The third-order valence-electron chi connectivity index (χ3n) is 2.31. The Balaban J connectivity index is 0.000000345. The Kier molecular flexibility index (Phi) is 10.5. The predicted octanol–water partition coefficient (Wildman–Crippen LogP) is 4.81. The maximum Gasteiger partial charge on any atom is 0.123 e. The third-order valence-corrected chi connectivity index (χ3v) is 2.96. The second-order valence-electron chi connectivity index (χ2n) is 3.72. The van der Waals surface area contributed by atoms with Crippen molar-refractivity contribution in [2.24, 2.45) is 5.84 Å². The minimum Gasteiger partial charge on any atom is -0.324 e. The molecule has 0 fully saturated rings. The van der Waals surface area contributed by atoms with Gasteiger partial charge in [0.2, 0.25) is 0 Å². The van der Waals surface area contributed by atoms with E-state index in [9.17, 15) is 4.39 Å². The smallest absolute Gasteiger partial charge is 0.123 e. The van der Waals surface area contributed by atoms with E-state index in [1.165, 1.54) is 17.7 Å². The number of aryl methyl sites for hydroxylation is 1. The lowest BCUT2D eigenvalue weighted by Gasteiger charge is -1.96. The molecule has 20 heavy (non-hydrogen) atoms. The second kappa shape index (κ2) is 10.9. The first-order chi connectivity index (χ1) is 9.15. The molecule has 2 nitrogen and oxygen atoms in total. The number of nitrogen functional groups attached to an aromatic ring is 1. The molecule has 0 amide bonds. The summed E-state index contributed by atoms with van der Waals surface area (Å²) in [5.41, 5.74) is 4.52. The topological polar surface area (TPSA) is 38.0 Å². The van der Waals surface area contributed by atoms with E-state index in [0.717, 1.165) is 17.4 Å². The highest BCUT2D eigenvalue weighted by Gasteiger charge is 1.90. The van der Waals surface area contributed by atoms with Crippen molar-refractivity contribution in [1.82, 2.24) is 0 Å². The summed E-state index contributed by atoms with van der Waals surface area (Å²) < 4.78 is 12.3. The van der Waals surface area contributed by atoms with Crippen LogP contribution in [0.2, 0.25) is 5.02 Å². The Morgan fingerprint density at radius 1 is 1.05 bits per heavy atom. The molecule has 0 aliphatic heterocycles. The molecular weight excluding hydrogens is 366 g/mol. The summed E-state index contributed by atoms with van der Waals surface area (Å²) in [5.74, 6) is 4.94. The van der Waals surface area contributed by atoms with Crippen molar-refractivity contribution in [3.8, 4) is 0 Å². The van der Waals surface area contributed by atoms with Crippen LogP contribution in [0.3, 0.4) is 0 Å². The monoisotopic (exact) mass is 380 g/mol. The number of nitrogens with one attached hydrogen (secondary N) is 1. The van der Waals surface area contributed by atoms with Gasteiger partial charge in [-0.25, -0.2) is 4.39 Å². The molecule has 0 aliphatic rings. The van der Waals surface area contributed by atoms with E-state index < -0.39 is 0 Å². The second-order valence-corrected chi connectivity index (χ2v) is 4.95. The zero-order valence-corrected chi connectivity index (χ0v) is 13.8. The van der Waals surface area contributed by atoms with E-state index in [0.29, 0.717) is 5.02 Å². The molecular formula is C14H16BrCl2FN2. The van der Waals surface area contributed by atoms with Crippen molar-refractivity contribution in [3.63, 3.8) is 0 Å². The highest BCUT2D eigenvalue weighted by atomic mass is 79.9. The van der Waals surface area contributed by atoms with Crippen molar-refractivity contribution in [2.45, 2.75) is 6.42 Å². The van der Waals surface area contributed by atoms with Gasteiger partial charge in [-0.1, -0.05) is 39.7 Å². The van der Waals surface area contributed by atoms with E-state index in [-0.39, 0.29) is 18.2 Å². The van der Waals surface area contributed by atoms with Crippen molar-refractivity contribution in [2.75, 3.05) is 10.8 Å². The van der Waals surface area contributed by atoms with Crippen molar-refractivity contribution < 1.29 is 4.39 Å². The number of rotatable bonds is 3. The number of benzene rings is 2. The molecule has 2 aromatic carbocycles. The lowest BCUT2D eigenvalue weighted by Crippen LogP contribution is -2.05. The fourth-order valence-electron chi connectivity index (χ4n) is 1.31. The Hall–Kier alpha value is -0.810. The minimum atomic E-state index is -0.168. The van der Waals surface area contributed by atoms with Gasteiger partial charge >= 0.3 is 0 Å². The van der Waals surface area contributed by atoms with Crippen LogP contribution < -0.4 is 11.3 Å². The van der Waals surface area contributed by atoms with Crippen molar-refractivity contribution in [3.05, 3.63) is 64.9 Å². The molecule has 2 rings (SSSR count). The van der Waals surface area contributed by atoms with Crippen LogP contribution in [-0.4, -0.2) is 5.33 Å². The van der Waals surface area contributed by atoms with E-state index in [4.69, 9.17) is 17.4 Å². The van der Waals surface area contributed by atoms with Gasteiger partial charge in [0, 0.05) is 16.0 Å². The Bertz CT molecular complexity index is 478. The van der Waals surface area contributed by atoms with Gasteiger partial charge in [-0.2, -0.15) is 0 Å². The van der Waals surface area contributed by atoms with Crippen LogP contribution in [0, 0.1) is 5.82 Å². The first kappa shape index (κ1) is 19.2. The molecule has 0 unspecified atom stereocenters. The van der Waals surface area contributed by atoms with E-state index >= 15 is 0 Å². The molecule has 110 valence electrons. The van der Waals surface area contributed by atoms with Gasteiger partial charge in [0.1, 0.15) is 5.82 Å². The zero-order valence-electron chi connectivity index (χ0n) is 10.7. The molecule has 0 atom stereocenters.